The number of amides is 1. The number of esters is 1. The second-order valence-corrected chi connectivity index (χ2v) is 7.54. The summed E-state index contributed by atoms with van der Waals surface area (Å²) < 4.78 is 20.2. The van der Waals surface area contributed by atoms with Crippen molar-refractivity contribution in [2.75, 3.05) is 11.9 Å². The zero-order valence-electron chi connectivity index (χ0n) is 16.5. The number of rotatable bonds is 5. The Morgan fingerprint density at radius 1 is 1.28 bits per heavy atom. The zero-order valence-corrected chi connectivity index (χ0v) is 17.3. The molecule has 2 heterocycles. The van der Waals surface area contributed by atoms with Crippen LogP contribution in [-0.2, 0) is 11.3 Å². The molecule has 0 bridgehead atoms. The standard InChI is InChI=1S/C20H20FN3O4S/c1-5-24-14-8-7-12(21)9-13(14)17(25)16(23-24)18(26)22-19-15(20(27)28-6-2)10(3)11(4)29-19/h7-9H,5-6H2,1-4H3,(H,22,26). The number of halogens is 1. The molecule has 29 heavy (non-hydrogen) atoms. The number of hydrogen-bond acceptors (Lipinski definition) is 6. The summed E-state index contributed by atoms with van der Waals surface area (Å²) in [6, 6.07) is 3.78. The Balaban J connectivity index is 2.08. The second kappa shape index (κ2) is 8.12. The van der Waals surface area contributed by atoms with E-state index in [1.807, 2.05) is 6.92 Å². The lowest BCUT2D eigenvalue weighted by Crippen LogP contribution is -2.27. The normalized spacial score (nSPS) is 10.9. The van der Waals surface area contributed by atoms with Crippen LogP contribution in [0.1, 0.15) is 45.1 Å². The van der Waals surface area contributed by atoms with Crippen LogP contribution >= 0.6 is 11.3 Å². The Morgan fingerprint density at radius 2 is 2.00 bits per heavy atom. The minimum atomic E-state index is -0.768. The number of benzene rings is 1. The van der Waals surface area contributed by atoms with Gasteiger partial charge in [0.1, 0.15) is 10.8 Å². The third-order valence-corrected chi connectivity index (χ3v) is 5.65. The molecular formula is C20H20FN3O4S. The predicted octanol–water partition coefficient (Wildman–Crippen LogP) is 3.66. The Hall–Kier alpha value is -3.07. The SMILES string of the molecule is CCOC(=O)c1c(NC(=O)c2nn(CC)c3ccc(F)cc3c2=O)sc(C)c1C. The molecule has 152 valence electrons. The van der Waals surface area contributed by atoms with E-state index in [-0.39, 0.29) is 28.3 Å². The van der Waals surface area contributed by atoms with Crippen LogP contribution in [0, 0.1) is 19.7 Å². The third-order valence-electron chi connectivity index (χ3n) is 4.52. The quantitative estimate of drug-likeness (QED) is 0.640. The molecular weight excluding hydrogens is 397 g/mol. The fourth-order valence-electron chi connectivity index (χ4n) is 2.98. The Bertz CT molecular complexity index is 1180. The molecule has 1 amide bonds. The molecule has 3 aromatic rings. The molecule has 9 heteroatoms. The van der Waals surface area contributed by atoms with Crippen LogP contribution in [0.25, 0.3) is 10.9 Å². The number of carbonyl (C=O) groups excluding carboxylic acids is 2. The number of nitrogens with one attached hydrogen (secondary N) is 1. The van der Waals surface area contributed by atoms with Gasteiger partial charge < -0.3 is 10.1 Å². The first kappa shape index (κ1) is 20.7. The lowest BCUT2D eigenvalue weighted by atomic mass is 10.1. The van der Waals surface area contributed by atoms with Gasteiger partial charge in [0.05, 0.1) is 23.1 Å². The van der Waals surface area contributed by atoms with Crippen molar-refractivity contribution in [2.24, 2.45) is 0 Å². The van der Waals surface area contributed by atoms with E-state index in [0.717, 1.165) is 10.9 Å². The fourth-order valence-corrected chi connectivity index (χ4v) is 4.02. The van der Waals surface area contributed by atoms with Crippen molar-refractivity contribution in [3.8, 4) is 0 Å². The second-order valence-electron chi connectivity index (χ2n) is 6.32. The van der Waals surface area contributed by atoms with E-state index in [2.05, 4.69) is 10.4 Å². The van der Waals surface area contributed by atoms with E-state index >= 15 is 0 Å². The van der Waals surface area contributed by atoms with Gasteiger partial charge in [0, 0.05) is 11.4 Å². The van der Waals surface area contributed by atoms with Gasteiger partial charge in [-0.15, -0.1) is 11.3 Å². The van der Waals surface area contributed by atoms with E-state index in [4.69, 9.17) is 4.74 Å². The molecule has 1 aromatic carbocycles. The molecule has 2 aromatic heterocycles. The summed E-state index contributed by atoms with van der Waals surface area (Å²) in [5.41, 5.74) is 0.340. The molecule has 0 fully saturated rings. The molecule has 0 spiro atoms. The molecule has 3 rings (SSSR count). The maximum Gasteiger partial charge on any atom is 0.341 e. The summed E-state index contributed by atoms with van der Waals surface area (Å²) in [4.78, 5) is 38.8. The summed E-state index contributed by atoms with van der Waals surface area (Å²) in [6.45, 7) is 7.64. The average Bonchev–Trinajstić information content (AvgIpc) is 2.96. The molecule has 0 saturated heterocycles. The number of nitrogens with zero attached hydrogens (tertiary/aromatic N) is 2. The lowest BCUT2D eigenvalue weighted by Gasteiger charge is -2.11. The molecule has 0 saturated carbocycles. The van der Waals surface area contributed by atoms with Crippen LogP contribution in [0.15, 0.2) is 23.0 Å². The first-order valence-corrected chi connectivity index (χ1v) is 9.88. The molecule has 0 atom stereocenters. The number of aromatic nitrogens is 2. The van der Waals surface area contributed by atoms with Gasteiger partial charge in [-0.05, 0) is 51.5 Å². The van der Waals surface area contributed by atoms with Gasteiger partial charge in [-0.25, -0.2) is 9.18 Å². The Labute approximate surface area is 170 Å². The topological polar surface area (TPSA) is 90.3 Å². The zero-order chi connectivity index (χ0) is 21.3. The van der Waals surface area contributed by atoms with Crippen LogP contribution in [0.2, 0.25) is 0 Å². The van der Waals surface area contributed by atoms with Crippen LogP contribution in [0.4, 0.5) is 9.39 Å². The molecule has 0 aliphatic carbocycles. The summed E-state index contributed by atoms with van der Waals surface area (Å²) in [7, 11) is 0. The highest BCUT2D eigenvalue weighted by atomic mass is 32.1. The highest BCUT2D eigenvalue weighted by Gasteiger charge is 2.24. The largest absolute Gasteiger partial charge is 0.462 e. The third kappa shape index (κ3) is 3.77. The molecule has 0 aliphatic rings. The van der Waals surface area contributed by atoms with E-state index in [0.29, 0.717) is 17.6 Å². The summed E-state index contributed by atoms with van der Waals surface area (Å²) in [6.07, 6.45) is 0. The van der Waals surface area contributed by atoms with E-state index in [9.17, 15) is 18.8 Å². The maximum atomic E-state index is 13.7. The van der Waals surface area contributed by atoms with Crippen molar-refractivity contribution < 1.29 is 18.7 Å². The van der Waals surface area contributed by atoms with Crippen molar-refractivity contribution in [2.45, 2.75) is 34.2 Å². The first-order valence-electron chi connectivity index (χ1n) is 9.07. The van der Waals surface area contributed by atoms with Crippen LogP contribution in [0.5, 0.6) is 0 Å². The van der Waals surface area contributed by atoms with E-state index < -0.39 is 23.1 Å². The Morgan fingerprint density at radius 3 is 2.66 bits per heavy atom. The molecule has 0 aliphatic heterocycles. The number of hydrogen-bond donors (Lipinski definition) is 1. The number of thiophene rings is 1. The highest BCUT2D eigenvalue weighted by molar-refractivity contribution is 7.16. The molecule has 0 unspecified atom stereocenters. The maximum absolute atomic E-state index is 13.7. The van der Waals surface area contributed by atoms with Crippen molar-refractivity contribution in [3.05, 3.63) is 55.9 Å². The fraction of sp³-hybridized carbons (Fsp3) is 0.300. The smallest absolute Gasteiger partial charge is 0.341 e. The number of aryl methyl sites for hydroxylation is 2. The number of carbonyl (C=O) groups is 2. The molecule has 1 N–H and O–H groups in total. The number of ether oxygens (including phenoxy) is 1. The van der Waals surface area contributed by atoms with Gasteiger partial charge in [0.15, 0.2) is 5.69 Å². The van der Waals surface area contributed by atoms with Crippen LogP contribution in [-0.4, -0.2) is 28.3 Å². The van der Waals surface area contributed by atoms with Gasteiger partial charge >= 0.3 is 5.97 Å². The molecule has 7 nitrogen and oxygen atoms in total. The number of anilines is 1. The van der Waals surface area contributed by atoms with Gasteiger partial charge in [0.2, 0.25) is 5.43 Å². The van der Waals surface area contributed by atoms with Gasteiger partial charge in [0.25, 0.3) is 5.91 Å². The van der Waals surface area contributed by atoms with Crippen molar-refractivity contribution in [1.29, 1.82) is 0 Å². The Kier molecular flexibility index (Phi) is 5.78. The monoisotopic (exact) mass is 417 g/mol. The lowest BCUT2D eigenvalue weighted by molar-refractivity contribution is 0.0527. The first-order chi connectivity index (χ1) is 13.8. The van der Waals surface area contributed by atoms with Gasteiger partial charge in [-0.3, -0.25) is 14.3 Å². The van der Waals surface area contributed by atoms with Gasteiger partial charge in [-0.1, -0.05) is 0 Å². The average molecular weight is 417 g/mol. The summed E-state index contributed by atoms with van der Waals surface area (Å²) in [5.74, 6) is -1.90. The van der Waals surface area contributed by atoms with Crippen LogP contribution in [0.3, 0.4) is 0 Å². The summed E-state index contributed by atoms with van der Waals surface area (Å²) in [5, 5.41) is 7.10. The van der Waals surface area contributed by atoms with Crippen LogP contribution < -0.4 is 10.7 Å². The number of fused-ring (bicyclic) bond motifs is 1. The predicted molar refractivity (Wildman–Crippen MR) is 109 cm³/mol. The van der Waals surface area contributed by atoms with Crippen molar-refractivity contribution in [1.82, 2.24) is 9.78 Å². The molecule has 0 radical (unpaired) electrons. The van der Waals surface area contributed by atoms with E-state index in [1.165, 1.54) is 28.2 Å². The highest BCUT2D eigenvalue weighted by Crippen LogP contribution is 2.33. The van der Waals surface area contributed by atoms with Crippen molar-refractivity contribution in [3.63, 3.8) is 0 Å². The summed E-state index contributed by atoms with van der Waals surface area (Å²) >= 11 is 1.21. The minimum absolute atomic E-state index is 0.0659. The van der Waals surface area contributed by atoms with Gasteiger partial charge in [-0.2, -0.15) is 5.10 Å². The van der Waals surface area contributed by atoms with Crippen molar-refractivity contribution >= 4 is 39.1 Å². The van der Waals surface area contributed by atoms with E-state index in [1.54, 1.807) is 20.8 Å². The minimum Gasteiger partial charge on any atom is -0.462 e.